The van der Waals surface area contributed by atoms with Gasteiger partial charge in [-0.2, -0.15) is 0 Å². The molecule has 184 valence electrons. The Morgan fingerprint density at radius 3 is 2.21 bits per heavy atom. The van der Waals surface area contributed by atoms with E-state index in [1.807, 2.05) is 13.8 Å². The number of ether oxygens (including phenoxy) is 2. The lowest BCUT2D eigenvalue weighted by Gasteiger charge is -2.18. The zero-order valence-electron chi connectivity index (χ0n) is 22.1. The van der Waals surface area contributed by atoms with E-state index in [1.165, 1.54) is 25.4 Å². The lowest BCUT2D eigenvalue weighted by atomic mass is 9.93. The molecule has 0 unspecified atom stereocenters. The highest BCUT2D eigenvalue weighted by atomic mass is 16.5. The minimum atomic E-state index is -0.468. The van der Waals surface area contributed by atoms with Crippen molar-refractivity contribution >= 4 is 0 Å². The Balaban J connectivity index is 2.91. The molecule has 0 aliphatic rings. The Morgan fingerprint density at radius 1 is 1.03 bits per heavy atom. The van der Waals surface area contributed by atoms with Crippen LogP contribution in [-0.4, -0.2) is 30.4 Å². The molecule has 1 heterocycles. The van der Waals surface area contributed by atoms with Gasteiger partial charge >= 0.3 is 0 Å². The second-order valence-corrected chi connectivity index (χ2v) is 9.42. The van der Waals surface area contributed by atoms with Crippen LogP contribution in [0.3, 0.4) is 0 Å². The average molecular weight is 458 g/mol. The molecule has 0 spiro atoms. The molecule has 0 saturated carbocycles. The summed E-state index contributed by atoms with van der Waals surface area (Å²) in [7, 11) is 2.98. The predicted octanol–water partition coefficient (Wildman–Crippen LogP) is 6.07. The zero-order chi connectivity index (χ0) is 25.3. The summed E-state index contributed by atoms with van der Waals surface area (Å²) in [4.78, 5) is 15.7. The molecule has 0 bridgehead atoms. The number of aliphatic hydroxyl groups is 1. The van der Waals surface area contributed by atoms with Crippen molar-refractivity contribution in [3.63, 3.8) is 0 Å². The molecule has 1 aromatic heterocycles. The van der Waals surface area contributed by atoms with Crippen molar-refractivity contribution in [2.75, 3.05) is 14.2 Å². The molecule has 0 amide bonds. The van der Waals surface area contributed by atoms with E-state index in [0.717, 1.165) is 23.3 Å². The van der Waals surface area contributed by atoms with Crippen LogP contribution in [-0.2, 0) is 6.42 Å². The van der Waals surface area contributed by atoms with Crippen molar-refractivity contribution < 1.29 is 14.6 Å². The summed E-state index contributed by atoms with van der Waals surface area (Å²) in [5.41, 5.74) is 5.93. The molecule has 2 atom stereocenters. The minimum absolute atomic E-state index is 0.0468. The standard InChI is InChI=1S/C28H43NO4/c1-17(2)13-21(6)25(30)22(7)16-20(5)15-19(4)14-18(3)11-12-24-23(8)26(31)27(32-9)28(29-24)33-10/h11,13,15-17,22,25,30H,12,14H2,1-10H3,(H,29,31)/t22-,25+/m1/s1. The van der Waals surface area contributed by atoms with E-state index in [0.29, 0.717) is 23.8 Å². The van der Waals surface area contributed by atoms with Gasteiger partial charge in [-0.3, -0.25) is 4.79 Å². The van der Waals surface area contributed by atoms with Gasteiger partial charge in [0.15, 0.2) is 0 Å². The molecule has 1 aromatic rings. The van der Waals surface area contributed by atoms with Crippen LogP contribution in [0.2, 0.25) is 0 Å². The molecule has 33 heavy (non-hydrogen) atoms. The second kappa shape index (κ2) is 13.2. The third-order valence-corrected chi connectivity index (χ3v) is 5.65. The van der Waals surface area contributed by atoms with Crippen LogP contribution in [0.25, 0.3) is 0 Å². The van der Waals surface area contributed by atoms with E-state index >= 15 is 0 Å². The van der Waals surface area contributed by atoms with Gasteiger partial charge in [-0.25, -0.2) is 0 Å². The van der Waals surface area contributed by atoms with Gasteiger partial charge in [0.25, 0.3) is 0 Å². The minimum Gasteiger partial charge on any atom is -0.488 e. The van der Waals surface area contributed by atoms with E-state index in [2.05, 4.69) is 63.9 Å². The lowest BCUT2D eigenvalue weighted by Crippen LogP contribution is -2.17. The van der Waals surface area contributed by atoms with E-state index in [1.54, 1.807) is 6.92 Å². The van der Waals surface area contributed by atoms with Gasteiger partial charge in [0.05, 0.1) is 20.3 Å². The Hall–Kier alpha value is -2.53. The molecular weight excluding hydrogens is 414 g/mol. The Kier molecular flexibility index (Phi) is 11.4. The number of hydrogen-bond acceptors (Lipinski definition) is 4. The Labute approximate surface area is 199 Å². The van der Waals surface area contributed by atoms with Crippen LogP contribution in [0, 0.1) is 18.8 Å². The summed E-state index contributed by atoms with van der Waals surface area (Å²) in [5.74, 6) is 1.02. The first kappa shape index (κ1) is 28.5. The maximum absolute atomic E-state index is 12.5. The van der Waals surface area contributed by atoms with E-state index < -0.39 is 6.10 Å². The number of nitrogens with one attached hydrogen (secondary N) is 1. The summed E-state index contributed by atoms with van der Waals surface area (Å²) in [6.07, 6.45) is 9.53. The second-order valence-electron chi connectivity index (χ2n) is 9.42. The summed E-state index contributed by atoms with van der Waals surface area (Å²) in [5, 5.41) is 10.6. The normalized spacial score (nSPS) is 15.6. The monoisotopic (exact) mass is 457 g/mol. The maximum atomic E-state index is 12.5. The highest BCUT2D eigenvalue weighted by Crippen LogP contribution is 2.23. The number of aromatic amines is 1. The molecule has 1 rings (SSSR count). The van der Waals surface area contributed by atoms with Gasteiger partial charge in [-0.15, -0.1) is 0 Å². The fourth-order valence-corrected chi connectivity index (χ4v) is 4.05. The molecule has 2 N–H and O–H groups in total. The fraction of sp³-hybridized carbons (Fsp3) is 0.536. The number of H-pyrrole nitrogens is 1. The number of rotatable bonds is 11. The zero-order valence-corrected chi connectivity index (χ0v) is 22.1. The summed E-state index contributed by atoms with van der Waals surface area (Å²) in [6, 6.07) is 0. The quantitative estimate of drug-likeness (QED) is 0.312. The Bertz CT molecular complexity index is 976. The molecule has 0 fully saturated rings. The first-order valence-electron chi connectivity index (χ1n) is 11.6. The fourth-order valence-electron chi connectivity index (χ4n) is 4.05. The van der Waals surface area contributed by atoms with Gasteiger partial charge in [-0.1, -0.05) is 61.8 Å². The maximum Gasteiger partial charge on any atom is 0.238 e. The van der Waals surface area contributed by atoms with Crippen molar-refractivity contribution in [2.24, 2.45) is 11.8 Å². The van der Waals surface area contributed by atoms with Crippen LogP contribution in [0.1, 0.15) is 66.1 Å². The molecule has 0 radical (unpaired) electrons. The van der Waals surface area contributed by atoms with Gasteiger partial charge in [0, 0.05) is 23.6 Å². The van der Waals surface area contributed by atoms with Crippen LogP contribution >= 0.6 is 0 Å². The van der Waals surface area contributed by atoms with Gasteiger partial charge in [-0.05, 0) is 52.5 Å². The van der Waals surface area contributed by atoms with Crippen molar-refractivity contribution in [1.82, 2.24) is 4.98 Å². The summed E-state index contributed by atoms with van der Waals surface area (Å²) < 4.78 is 10.4. The van der Waals surface area contributed by atoms with Crippen molar-refractivity contribution in [3.05, 3.63) is 68.1 Å². The molecule has 0 saturated heterocycles. The largest absolute Gasteiger partial charge is 0.488 e. The molecule has 0 aromatic carbocycles. The van der Waals surface area contributed by atoms with E-state index in [9.17, 15) is 9.90 Å². The van der Waals surface area contributed by atoms with Crippen LogP contribution < -0.4 is 14.9 Å². The smallest absolute Gasteiger partial charge is 0.238 e. The van der Waals surface area contributed by atoms with Gasteiger partial charge < -0.3 is 19.6 Å². The summed E-state index contributed by atoms with van der Waals surface area (Å²) in [6.45, 7) is 16.4. The van der Waals surface area contributed by atoms with Gasteiger partial charge in [0.1, 0.15) is 0 Å². The van der Waals surface area contributed by atoms with Crippen molar-refractivity contribution in [1.29, 1.82) is 0 Å². The average Bonchev–Trinajstić information content (AvgIpc) is 2.72. The summed E-state index contributed by atoms with van der Waals surface area (Å²) >= 11 is 0. The number of hydrogen-bond donors (Lipinski definition) is 2. The van der Waals surface area contributed by atoms with Crippen LogP contribution in [0.15, 0.2) is 51.4 Å². The predicted molar refractivity (Wildman–Crippen MR) is 138 cm³/mol. The molecule has 5 nitrogen and oxygen atoms in total. The molecule has 0 aliphatic carbocycles. The molecule has 0 aliphatic heterocycles. The Morgan fingerprint density at radius 2 is 1.67 bits per heavy atom. The lowest BCUT2D eigenvalue weighted by molar-refractivity contribution is 0.172. The third-order valence-electron chi connectivity index (χ3n) is 5.65. The SMILES string of the molecule is COc1[nH]c(CC=C(C)CC(C)=CC(C)=C[C@@H](C)[C@@H](O)C(C)=CC(C)C)c(C)c(=O)c1OC. The molecular formula is C28H43NO4. The number of aromatic nitrogens is 1. The first-order chi connectivity index (χ1) is 15.4. The third kappa shape index (κ3) is 8.73. The first-order valence-corrected chi connectivity index (χ1v) is 11.6. The topological polar surface area (TPSA) is 71.5 Å². The highest BCUT2D eigenvalue weighted by molar-refractivity contribution is 5.40. The van der Waals surface area contributed by atoms with Crippen LogP contribution in [0.5, 0.6) is 11.6 Å². The van der Waals surface area contributed by atoms with Crippen molar-refractivity contribution in [2.45, 2.75) is 74.3 Å². The number of methoxy groups -OCH3 is 2. The molecule has 5 heteroatoms. The number of allylic oxidation sites excluding steroid dienone is 6. The van der Waals surface area contributed by atoms with Crippen molar-refractivity contribution in [3.8, 4) is 11.6 Å². The van der Waals surface area contributed by atoms with E-state index in [4.69, 9.17) is 9.47 Å². The highest BCUT2D eigenvalue weighted by Gasteiger charge is 2.15. The number of aliphatic hydroxyl groups excluding tert-OH is 1. The number of pyridine rings is 1. The van der Waals surface area contributed by atoms with Gasteiger partial charge in [0.2, 0.25) is 17.1 Å². The van der Waals surface area contributed by atoms with E-state index in [-0.39, 0.29) is 17.1 Å². The van der Waals surface area contributed by atoms with Crippen LogP contribution in [0.4, 0.5) is 0 Å².